The Hall–Kier alpha value is -5.20. The molecule has 0 atom stereocenters. The molecule has 0 nitrogen and oxygen atoms in total. The minimum atomic E-state index is -0.0309. The Kier molecular flexibility index (Phi) is 7.51. The third-order valence-corrected chi connectivity index (χ3v) is 14.0. The van der Waals surface area contributed by atoms with Crippen LogP contribution in [0.4, 0.5) is 0 Å². The van der Waals surface area contributed by atoms with Crippen molar-refractivity contribution in [1.82, 2.24) is 0 Å². The number of hydrogen-bond donors (Lipinski definition) is 0. The van der Waals surface area contributed by atoms with Crippen molar-refractivity contribution in [2.75, 3.05) is 0 Å². The van der Waals surface area contributed by atoms with Gasteiger partial charge in [0.15, 0.2) is 0 Å². The summed E-state index contributed by atoms with van der Waals surface area (Å²) in [5.74, 6) is 0.639. The summed E-state index contributed by atoms with van der Waals surface area (Å²) >= 11 is 0. The molecule has 8 aromatic rings. The third kappa shape index (κ3) is 4.49. The SMILES string of the molecule is CCC1(CC)c2ccccc2-c2ccc(-c3ccc4c(c3)C(CC)(CC)c3cc(-c5ccc6ccc7cc(CC(C)C)cc8ccc5c6c78)ccc3-4)cc21. The molecule has 0 spiro atoms. The van der Waals surface area contributed by atoms with Crippen molar-refractivity contribution >= 4 is 32.3 Å². The van der Waals surface area contributed by atoms with Crippen molar-refractivity contribution < 1.29 is 0 Å². The van der Waals surface area contributed by atoms with E-state index in [1.54, 1.807) is 0 Å². The molecule has 0 radical (unpaired) electrons. The van der Waals surface area contributed by atoms with Gasteiger partial charge < -0.3 is 0 Å². The number of benzene rings is 8. The second kappa shape index (κ2) is 12.2. The van der Waals surface area contributed by atoms with E-state index in [1.165, 1.54) is 105 Å². The maximum Gasteiger partial charge on any atom is 0.0210 e. The Morgan fingerprint density at radius 1 is 0.407 bits per heavy atom. The quantitative estimate of drug-likeness (QED) is 0.139. The van der Waals surface area contributed by atoms with E-state index in [9.17, 15) is 0 Å². The van der Waals surface area contributed by atoms with Crippen molar-refractivity contribution in [3.8, 4) is 44.5 Å². The van der Waals surface area contributed by atoms with E-state index in [1.807, 2.05) is 0 Å². The average molecular weight is 699 g/mol. The monoisotopic (exact) mass is 698 g/mol. The van der Waals surface area contributed by atoms with Crippen LogP contribution in [0.5, 0.6) is 0 Å². The molecule has 0 N–H and O–H groups in total. The highest BCUT2D eigenvalue weighted by molar-refractivity contribution is 6.25. The third-order valence-electron chi connectivity index (χ3n) is 14.0. The summed E-state index contributed by atoms with van der Waals surface area (Å²) in [6.07, 6.45) is 5.47. The molecule has 8 aromatic carbocycles. The Labute approximate surface area is 321 Å². The fourth-order valence-electron chi connectivity index (χ4n) is 11.2. The predicted molar refractivity (Wildman–Crippen MR) is 233 cm³/mol. The lowest BCUT2D eigenvalue weighted by Gasteiger charge is -2.31. The zero-order valence-electron chi connectivity index (χ0n) is 32.7. The highest BCUT2D eigenvalue weighted by atomic mass is 14.5. The molecule has 54 heavy (non-hydrogen) atoms. The molecule has 2 aliphatic rings. The van der Waals surface area contributed by atoms with Gasteiger partial charge in [-0.1, -0.05) is 151 Å². The first-order valence-electron chi connectivity index (χ1n) is 20.6. The van der Waals surface area contributed by atoms with Gasteiger partial charge in [-0.15, -0.1) is 0 Å². The highest BCUT2D eigenvalue weighted by Gasteiger charge is 2.42. The van der Waals surface area contributed by atoms with E-state index in [-0.39, 0.29) is 10.8 Å². The summed E-state index contributed by atoms with van der Waals surface area (Å²) in [6, 6.07) is 50.1. The molecule has 2 aliphatic carbocycles. The lowest BCUT2D eigenvalue weighted by molar-refractivity contribution is 0.490. The van der Waals surface area contributed by atoms with Crippen LogP contribution in [0.15, 0.2) is 127 Å². The molecule has 0 amide bonds. The molecule has 0 saturated heterocycles. The average Bonchev–Trinajstić information content (AvgIpc) is 3.65. The maximum absolute atomic E-state index is 2.55. The molecule has 0 aliphatic heterocycles. The van der Waals surface area contributed by atoms with Gasteiger partial charge in [0.2, 0.25) is 0 Å². The van der Waals surface area contributed by atoms with Crippen molar-refractivity contribution in [1.29, 1.82) is 0 Å². The van der Waals surface area contributed by atoms with Crippen LogP contribution in [-0.2, 0) is 17.3 Å². The van der Waals surface area contributed by atoms with E-state index < -0.39 is 0 Å². The van der Waals surface area contributed by atoms with Gasteiger partial charge in [0.1, 0.15) is 0 Å². The standard InChI is InChI=1S/C54H50/c1-7-53(8-2)47-14-12-11-13-42(47)43-23-18-36(30-48(43)53)37-19-24-44-45-25-20-38(32-50(45)54(9-3,10-4)49(44)31-37)41-22-17-35-15-16-39-28-34(27-33(5)6)29-40-21-26-46(41)52(35)51(39)40/h11-26,28-33H,7-10,27H2,1-6H3. The Bertz CT molecular complexity index is 2750. The zero-order valence-corrected chi connectivity index (χ0v) is 32.7. The molecule has 266 valence electrons. The summed E-state index contributed by atoms with van der Waals surface area (Å²) in [7, 11) is 0. The van der Waals surface area contributed by atoms with Gasteiger partial charge in [0.25, 0.3) is 0 Å². The molecule has 0 fully saturated rings. The van der Waals surface area contributed by atoms with Crippen molar-refractivity contribution in [2.24, 2.45) is 5.92 Å². The van der Waals surface area contributed by atoms with Gasteiger partial charge >= 0.3 is 0 Å². The Balaban J connectivity index is 1.09. The summed E-state index contributed by atoms with van der Waals surface area (Å²) in [5.41, 5.74) is 18.4. The van der Waals surface area contributed by atoms with Gasteiger partial charge in [0.05, 0.1) is 0 Å². The van der Waals surface area contributed by atoms with Crippen LogP contribution < -0.4 is 0 Å². The molecular formula is C54H50. The van der Waals surface area contributed by atoms with Gasteiger partial charge in [-0.3, -0.25) is 0 Å². The van der Waals surface area contributed by atoms with Crippen LogP contribution in [0.25, 0.3) is 76.8 Å². The summed E-state index contributed by atoms with van der Waals surface area (Å²) < 4.78 is 0. The second-order valence-electron chi connectivity index (χ2n) is 16.8. The topological polar surface area (TPSA) is 0 Å². The zero-order chi connectivity index (χ0) is 36.9. The van der Waals surface area contributed by atoms with Crippen molar-refractivity contribution in [2.45, 2.75) is 84.5 Å². The van der Waals surface area contributed by atoms with E-state index in [0.717, 1.165) is 32.1 Å². The first-order valence-corrected chi connectivity index (χ1v) is 20.6. The highest BCUT2D eigenvalue weighted by Crippen LogP contribution is 2.56. The number of rotatable bonds is 8. The maximum atomic E-state index is 2.55. The minimum absolute atomic E-state index is 0.0309. The molecular weight excluding hydrogens is 649 g/mol. The molecule has 0 heterocycles. The predicted octanol–water partition coefficient (Wildman–Crippen LogP) is 15.3. The smallest absolute Gasteiger partial charge is 0.0210 e. The fourth-order valence-corrected chi connectivity index (χ4v) is 11.2. The van der Waals surface area contributed by atoms with Gasteiger partial charge in [0, 0.05) is 10.8 Å². The van der Waals surface area contributed by atoms with Gasteiger partial charge in [-0.25, -0.2) is 0 Å². The van der Waals surface area contributed by atoms with E-state index in [0.29, 0.717) is 5.92 Å². The van der Waals surface area contributed by atoms with E-state index in [2.05, 4.69) is 169 Å². The first-order chi connectivity index (χ1) is 26.3. The molecule has 0 bridgehead atoms. The lowest BCUT2D eigenvalue weighted by atomic mass is 9.72. The molecule has 0 unspecified atom stereocenters. The minimum Gasteiger partial charge on any atom is -0.0642 e. The van der Waals surface area contributed by atoms with Crippen LogP contribution in [0.2, 0.25) is 0 Å². The van der Waals surface area contributed by atoms with Crippen LogP contribution in [0, 0.1) is 5.92 Å². The summed E-state index contributed by atoms with van der Waals surface area (Å²) in [4.78, 5) is 0. The summed E-state index contributed by atoms with van der Waals surface area (Å²) in [5, 5.41) is 8.20. The molecule has 0 heteroatoms. The van der Waals surface area contributed by atoms with Gasteiger partial charge in [-0.05, 0) is 161 Å². The number of hydrogen-bond acceptors (Lipinski definition) is 0. The normalized spacial score (nSPS) is 14.9. The van der Waals surface area contributed by atoms with E-state index in [4.69, 9.17) is 0 Å². The Morgan fingerprint density at radius 3 is 1.46 bits per heavy atom. The van der Waals surface area contributed by atoms with Crippen molar-refractivity contribution in [3.05, 3.63) is 155 Å². The van der Waals surface area contributed by atoms with Crippen LogP contribution in [0.3, 0.4) is 0 Å². The largest absolute Gasteiger partial charge is 0.0642 e. The number of fused-ring (bicyclic) bond motifs is 6. The molecule has 0 saturated carbocycles. The summed E-state index contributed by atoms with van der Waals surface area (Å²) in [6.45, 7) is 14.2. The fraction of sp³-hybridized carbons (Fsp3) is 0.259. The van der Waals surface area contributed by atoms with Gasteiger partial charge in [-0.2, -0.15) is 0 Å². The van der Waals surface area contributed by atoms with E-state index >= 15 is 0 Å². The lowest BCUT2D eigenvalue weighted by Crippen LogP contribution is -2.23. The van der Waals surface area contributed by atoms with Crippen LogP contribution >= 0.6 is 0 Å². The van der Waals surface area contributed by atoms with Crippen LogP contribution in [-0.4, -0.2) is 0 Å². The van der Waals surface area contributed by atoms with Crippen molar-refractivity contribution in [3.63, 3.8) is 0 Å². The molecule has 0 aromatic heterocycles. The first kappa shape index (κ1) is 33.4. The Morgan fingerprint density at radius 2 is 0.870 bits per heavy atom. The van der Waals surface area contributed by atoms with Crippen LogP contribution in [0.1, 0.15) is 95.0 Å². The second-order valence-corrected chi connectivity index (χ2v) is 16.8. The molecule has 10 rings (SSSR count).